The Hall–Kier alpha value is -1.78. The highest BCUT2D eigenvalue weighted by Gasteiger charge is 2.32. The zero-order valence-electron chi connectivity index (χ0n) is 11.6. The van der Waals surface area contributed by atoms with E-state index in [1.807, 2.05) is 18.3 Å². The average molecular weight is 272 g/mol. The zero-order valence-corrected chi connectivity index (χ0v) is 11.6. The lowest BCUT2D eigenvalue weighted by molar-refractivity contribution is 0.0982. The van der Waals surface area contributed by atoms with Gasteiger partial charge in [0.1, 0.15) is 5.82 Å². The van der Waals surface area contributed by atoms with Crippen molar-refractivity contribution in [2.75, 3.05) is 37.6 Å². The van der Waals surface area contributed by atoms with Crippen LogP contribution in [-0.2, 0) is 0 Å². The number of rotatable bonds is 3. The molecule has 6 nitrogen and oxygen atoms in total. The molecule has 0 N–H and O–H groups in total. The van der Waals surface area contributed by atoms with Crippen LogP contribution in [0.25, 0.3) is 10.4 Å². The second-order valence-corrected chi connectivity index (χ2v) is 5.64. The lowest BCUT2D eigenvalue weighted by atomic mass is 9.91. The normalized spacial score (nSPS) is 26.7. The molecule has 1 aromatic rings. The van der Waals surface area contributed by atoms with Crippen LogP contribution in [0.3, 0.4) is 0 Å². The van der Waals surface area contributed by atoms with E-state index < -0.39 is 0 Å². The molecular weight excluding hydrogens is 252 g/mol. The predicted molar refractivity (Wildman–Crippen MR) is 78.5 cm³/mol. The first-order valence-corrected chi connectivity index (χ1v) is 7.27. The van der Waals surface area contributed by atoms with Crippen LogP contribution in [0.4, 0.5) is 5.82 Å². The molecule has 106 valence electrons. The van der Waals surface area contributed by atoms with Crippen molar-refractivity contribution in [2.24, 2.45) is 11.0 Å². The fourth-order valence-electron chi connectivity index (χ4n) is 3.31. The first-order valence-electron chi connectivity index (χ1n) is 7.27. The van der Waals surface area contributed by atoms with Gasteiger partial charge in [0.05, 0.1) is 0 Å². The number of pyridine rings is 1. The van der Waals surface area contributed by atoms with Crippen LogP contribution in [0.2, 0.25) is 0 Å². The quantitative estimate of drug-likeness (QED) is 0.481. The van der Waals surface area contributed by atoms with Crippen LogP contribution in [0, 0.1) is 5.92 Å². The van der Waals surface area contributed by atoms with Crippen molar-refractivity contribution in [1.82, 2.24) is 9.88 Å². The van der Waals surface area contributed by atoms with Crippen LogP contribution >= 0.6 is 0 Å². The molecular formula is C14H20N6. The van der Waals surface area contributed by atoms with Gasteiger partial charge in [-0.2, -0.15) is 0 Å². The SMILES string of the molecule is [N-]=[N+]=NCC1CCC2CN(c3ccccn3)CCN2C1. The van der Waals surface area contributed by atoms with Gasteiger partial charge in [0.15, 0.2) is 0 Å². The van der Waals surface area contributed by atoms with Crippen molar-refractivity contribution in [3.63, 3.8) is 0 Å². The second-order valence-electron chi connectivity index (χ2n) is 5.64. The monoisotopic (exact) mass is 272 g/mol. The summed E-state index contributed by atoms with van der Waals surface area (Å²) in [4.78, 5) is 12.3. The average Bonchev–Trinajstić information content (AvgIpc) is 2.53. The van der Waals surface area contributed by atoms with Crippen molar-refractivity contribution < 1.29 is 0 Å². The summed E-state index contributed by atoms with van der Waals surface area (Å²) in [6.45, 7) is 4.88. The Balaban J connectivity index is 1.59. The van der Waals surface area contributed by atoms with Crippen molar-refractivity contribution in [2.45, 2.75) is 18.9 Å². The Morgan fingerprint density at radius 1 is 1.30 bits per heavy atom. The van der Waals surface area contributed by atoms with Crippen molar-refractivity contribution in [3.8, 4) is 0 Å². The van der Waals surface area contributed by atoms with Gasteiger partial charge in [0.25, 0.3) is 0 Å². The molecule has 2 aliphatic heterocycles. The summed E-state index contributed by atoms with van der Waals surface area (Å²) >= 11 is 0. The third-order valence-electron chi connectivity index (χ3n) is 4.38. The van der Waals surface area contributed by atoms with E-state index in [-0.39, 0.29) is 0 Å². The molecule has 0 aliphatic carbocycles. The number of hydrogen-bond acceptors (Lipinski definition) is 4. The van der Waals surface area contributed by atoms with E-state index in [2.05, 4.69) is 30.9 Å². The molecule has 0 amide bonds. The standard InChI is InChI=1S/C14H20N6/c15-18-17-9-12-4-5-13-11-20(8-7-19(13)10-12)14-3-1-2-6-16-14/h1-3,6,12-13H,4-5,7-11H2. The van der Waals surface area contributed by atoms with Gasteiger partial charge in [-0.05, 0) is 36.4 Å². The van der Waals surface area contributed by atoms with Crippen LogP contribution in [-0.4, -0.2) is 48.6 Å². The number of fused-ring (bicyclic) bond motifs is 1. The molecule has 2 unspecified atom stereocenters. The lowest BCUT2D eigenvalue weighted by Crippen LogP contribution is -2.57. The first-order chi connectivity index (χ1) is 9.86. The molecule has 0 bridgehead atoms. The van der Waals surface area contributed by atoms with Crippen LogP contribution in [0.5, 0.6) is 0 Å². The highest BCUT2D eigenvalue weighted by atomic mass is 15.3. The summed E-state index contributed by atoms with van der Waals surface area (Å²) in [7, 11) is 0. The minimum atomic E-state index is 0.531. The number of azide groups is 1. The molecule has 2 aliphatic rings. The van der Waals surface area contributed by atoms with Gasteiger partial charge >= 0.3 is 0 Å². The van der Waals surface area contributed by atoms with Gasteiger partial charge in [-0.25, -0.2) is 4.98 Å². The summed E-state index contributed by atoms with van der Waals surface area (Å²) in [5.41, 5.74) is 8.42. The van der Waals surface area contributed by atoms with Gasteiger partial charge in [-0.1, -0.05) is 11.2 Å². The van der Waals surface area contributed by atoms with Crippen molar-refractivity contribution >= 4 is 5.82 Å². The van der Waals surface area contributed by atoms with Crippen LogP contribution in [0.15, 0.2) is 29.5 Å². The molecule has 1 aromatic heterocycles. The summed E-state index contributed by atoms with van der Waals surface area (Å²) in [5, 5.41) is 3.73. The molecule has 20 heavy (non-hydrogen) atoms. The Bertz CT molecular complexity index is 484. The molecule has 6 heteroatoms. The molecule has 2 fully saturated rings. The molecule has 2 atom stereocenters. The summed E-state index contributed by atoms with van der Waals surface area (Å²) in [5.74, 6) is 1.62. The third kappa shape index (κ3) is 2.86. The summed E-state index contributed by atoms with van der Waals surface area (Å²) < 4.78 is 0. The molecule has 0 spiro atoms. The predicted octanol–water partition coefficient (Wildman–Crippen LogP) is 2.29. The Morgan fingerprint density at radius 3 is 3.05 bits per heavy atom. The highest BCUT2D eigenvalue weighted by molar-refractivity contribution is 5.38. The van der Waals surface area contributed by atoms with E-state index in [1.54, 1.807) is 0 Å². The summed E-state index contributed by atoms with van der Waals surface area (Å²) in [6.07, 6.45) is 4.21. The largest absolute Gasteiger partial charge is 0.354 e. The van der Waals surface area contributed by atoms with Gasteiger partial charge in [0.2, 0.25) is 0 Å². The fraction of sp³-hybridized carbons (Fsp3) is 0.643. The topological polar surface area (TPSA) is 68.1 Å². The van der Waals surface area contributed by atoms with E-state index in [0.717, 1.165) is 38.4 Å². The van der Waals surface area contributed by atoms with Crippen LogP contribution in [0.1, 0.15) is 12.8 Å². The fourth-order valence-corrected chi connectivity index (χ4v) is 3.31. The number of aromatic nitrogens is 1. The molecule has 0 saturated carbocycles. The van der Waals surface area contributed by atoms with Gasteiger partial charge < -0.3 is 4.90 Å². The maximum Gasteiger partial charge on any atom is 0.128 e. The Morgan fingerprint density at radius 2 is 2.25 bits per heavy atom. The van der Waals surface area contributed by atoms with Crippen molar-refractivity contribution in [3.05, 3.63) is 34.8 Å². The number of piperazine rings is 1. The first kappa shape index (κ1) is 13.2. The number of anilines is 1. The smallest absolute Gasteiger partial charge is 0.128 e. The Labute approximate surface area is 119 Å². The Kier molecular flexibility index (Phi) is 4.04. The maximum absolute atomic E-state index is 8.42. The molecule has 3 heterocycles. The van der Waals surface area contributed by atoms with Gasteiger partial charge in [-0.15, -0.1) is 0 Å². The van der Waals surface area contributed by atoms with Gasteiger partial charge in [-0.3, -0.25) is 4.90 Å². The molecule has 2 saturated heterocycles. The van der Waals surface area contributed by atoms with E-state index in [1.165, 1.54) is 6.42 Å². The summed E-state index contributed by atoms with van der Waals surface area (Å²) in [6, 6.07) is 6.71. The van der Waals surface area contributed by atoms with Gasteiger partial charge in [0, 0.05) is 49.9 Å². The third-order valence-corrected chi connectivity index (χ3v) is 4.38. The van der Waals surface area contributed by atoms with Crippen molar-refractivity contribution in [1.29, 1.82) is 0 Å². The zero-order chi connectivity index (χ0) is 13.8. The highest BCUT2D eigenvalue weighted by Crippen LogP contribution is 2.27. The number of nitrogens with zero attached hydrogens (tertiary/aromatic N) is 6. The number of hydrogen-bond donors (Lipinski definition) is 0. The lowest BCUT2D eigenvalue weighted by Gasteiger charge is -2.46. The minimum absolute atomic E-state index is 0.531. The molecule has 0 aromatic carbocycles. The molecule has 3 rings (SSSR count). The van der Waals surface area contributed by atoms with E-state index in [9.17, 15) is 0 Å². The van der Waals surface area contributed by atoms with Crippen LogP contribution < -0.4 is 4.90 Å². The maximum atomic E-state index is 8.42. The van der Waals surface area contributed by atoms with E-state index in [4.69, 9.17) is 5.53 Å². The minimum Gasteiger partial charge on any atom is -0.354 e. The van der Waals surface area contributed by atoms with E-state index >= 15 is 0 Å². The van der Waals surface area contributed by atoms with E-state index in [0.29, 0.717) is 18.5 Å². The second kappa shape index (κ2) is 6.11. The molecule has 0 radical (unpaired) electrons. The number of piperidine rings is 1.